The van der Waals surface area contributed by atoms with Crippen LogP contribution in [0.3, 0.4) is 0 Å². The molecule has 0 N–H and O–H groups in total. The average molecular weight is 354 g/mol. The number of unbranched alkanes of at least 4 members (excludes halogenated alkanes) is 14. The first-order chi connectivity index (χ1) is 12.2. The van der Waals surface area contributed by atoms with Gasteiger partial charge in [0, 0.05) is 0 Å². The van der Waals surface area contributed by atoms with Crippen molar-refractivity contribution in [1.82, 2.24) is 4.90 Å². The molecule has 0 atom stereocenters. The van der Waals surface area contributed by atoms with Crippen LogP contribution in [0.15, 0.2) is 0 Å². The number of hydrogen-bond donors (Lipinski definition) is 0. The Morgan fingerprint density at radius 3 is 1.12 bits per heavy atom. The first-order valence-corrected chi connectivity index (χ1v) is 11.8. The van der Waals surface area contributed by atoms with Gasteiger partial charge in [-0.15, -0.1) is 0 Å². The van der Waals surface area contributed by atoms with Crippen LogP contribution in [0.5, 0.6) is 0 Å². The van der Waals surface area contributed by atoms with E-state index < -0.39 is 0 Å². The van der Waals surface area contributed by atoms with Gasteiger partial charge in [-0.05, 0) is 33.0 Å². The molecule has 0 amide bonds. The van der Waals surface area contributed by atoms with E-state index in [-0.39, 0.29) is 0 Å². The molecule has 0 unspecified atom stereocenters. The maximum absolute atomic E-state index is 2.35. The van der Waals surface area contributed by atoms with Crippen LogP contribution in [-0.2, 0) is 0 Å². The van der Waals surface area contributed by atoms with Gasteiger partial charge in [0.1, 0.15) is 0 Å². The molecule has 0 heterocycles. The van der Waals surface area contributed by atoms with E-state index in [1.54, 1.807) is 0 Å². The molecule has 0 saturated heterocycles. The van der Waals surface area contributed by atoms with E-state index in [0.717, 1.165) is 5.92 Å². The van der Waals surface area contributed by atoms with Crippen molar-refractivity contribution in [2.75, 3.05) is 20.6 Å². The molecule has 25 heavy (non-hydrogen) atoms. The minimum atomic E-state index is 0.998. The van der Waals surface area contributed by atoms with Gasteiger partial charge in [-0.1, -0.05) is 123 Å². The highest BCUT2D eigenvalue weighted by Crippen LogP contribution is 2.18. The summed E-state index contributed by atoms with van der Waals surface area (Å²) in [6, 6.07) is 0. The first kappa shape index (κ1) is 25.0. The summed E-state index contributed by atoms with van der Waals surface area (Å²) in [5.74, 6) is 0.998. The second-order valence-electron chi connectivity index (χ2n) is 8.58. The van der Waals surface area contributed by atoms with Crippen LogP contribution in [0.2, 0.25) is 0 Å². The van der Waals surface area contributed by atoms with E-state index in [1.165, 1.54) is 122 Å². The highest BCUT2D eigenvalue weighted by Gasteiger charge is 2.02. The lowest BCUT2D eigenvalue weighted by Crippen LogP contribution is -2.12. The highest BCUT2D eigenvalue weighted by atomic mass is 15.0. The van der Waals surface area contributed by atoms with Gasteiger partial charge in [0.2, 0.25) is 0 Å². The van der Waals surface area contributed by atoms with Crippen LogP contribution in [-0.4, -0.2) is 25.5 Å². The summed E-state index contributed by atoms with van der Waals surface area (Å²) in [4.78, 5) is 2.30. The normalized spacial score (nSPS) is 11.8. The quantitative estimate of drug-likeness (QED) is 0.199. The van der Waals surface area contributed by atoms with Gasteiger partial charge in [-0.2, -0.15) is 0 Å². The third-order valence-corrected chi connectivity index (χ3v) is 5.87. The molecule has 0 fully saturated rings. The smallest absolute Gasteiger partial charge is 0.00248 e. The van der Waals surface area contributed by atoms with Gasteiger partial charge in [0.15, 0.2) is 0 Å². The van der Waals surface area contributed by atoms with Crippen LogP contribution < -0.4 is 0 Å². The summed E-state index contributed by atoms with van der Waals surface area (Å²) in [7, 11) is 4.35. The van der Waals surface area contributed by atoms with Gasteiger partial charge in [-0.25, -0.2) is 0 Å². The largest absolute Gasteiger partial charge is 0.309 e. The fraction of sp³-hybridized carbons (Fsp3) is 1.00. The fourth-order valence-corrected chi connectivity index (χ4v) is 3.86. The van der Waals surface area contributed by atoms with Crippen LogP contribution in [0.4, 0.5) is 0 Å². The van der Waals surface area contributed by atoms with Crippen LogP contribution in [0.25, 0.3) is 0 Å². The molecule has 0 rings (SSSR count). The zero-order valence-corrected chi connectivity index (χ0v) is 18.5. The first-order valence-electron chi connectivity index (χ1n) is 11.8. The Morgan fingerprint density at radius 2 is 0.800 bits per heavy atom. The van der Waals surface area contributed by atoms with E-state index >= 15 is 0 Å². The summed E-state index contributed by atoms with van der Waals surface area (Å²) in [5.41, 5.74) is 0. The number of nitrogens with zero attached hydrogens (tertiary/aromatic N) is 1. The Balaban J connectivity index is 3.05. The molecule has 0 aromatic carbocycles. The summed E-state index contributed by atoms with van der Waals surface area (Å²) >= 11 is 0. The molecule has 0 bridgehead atoms. The lowest BCUT2D eigenvalue weighted by atomic mass is 9.95. The molecule has 1 nitrogen and oxygen atoms in total. The van der Waals surface area contributed by atoms with E-state index in [0.29, 0.717) is 0 Å². The van der Waals surface area contributed by atoms with E-state index in [9.17, 15) is 0 Å². The molecule has 0 radical (unpaired) electrons. The van der Waals surface area contributed by atoms with Crippen molar-refractivity contribution in [3.05, 3.63) is 0 Å². The van der Waals surface area contributed by atoms with Gasteiger partial charge in [0.25, 0.3) is 0 Å². The van der Waals surface area contributed by atoms with E-state index in [2.05, 4.69) is 32.8 Å². The van der Waals surface area contributed by atoms with Crippen LogP contribution in [0, 0.1) is 5.92 Å². The second kappa shape index (κ2) is 20.3. The Morgan fingerprint density at radius 1 is 0.480 bits per heavy atom. The van der Waals surface area contributed by atoms with Gasteiger partial charge in [0.05, 0.1) is 0 Å². The van der Waals surface area contributed by atoms with Crippen molar-refractivity contribution in [2.24, 2.45) is 5.92 Å². The van der Waals surface area contributed by atoms with E-state index in [4.69, 9.17) is 0 Å². The lowest BCUT2D eigenvalue weighted by molar-refractivity contribution is 0.389. The van der Waals surface area contributed by atoms with Gasteiger partial charge < -0.3 is 4.90 Å². The monoisotopic (exact) mass is 353 g/mol. The van der Waals surface area contributed by atoms with Crippen LogP contribution >= 0.6 is 0 Å². The van der Waals surface area contributed by atoms with Gasteiger partial charge >= 0.3 is 0 Å². The Bertz CT molecular complexity index is 232. The highest BCUT2D eigenvalue weighted by molar-refractivity contribution is 4.56. The molecule has 0 aliphatic rings. The molecular formula is C24H51N. The molecule has 0 aromatic rings. The maximum Gasteiger partial charge on any atom is -0.00248 e. The number of hydrogen-bond acceptors (Lipinski definition) is 1. The maximum atomic E-state index is 2.35. The Kier molecular flexibility index (Phi) is 20.2. The summed E-state index contributed by atoms with van der Waals surface area (Å²) in [6.45, 7) is 5.96. The average Bonchev–Trinajstić information content (AvgIpc) is 2.60. The van der Waals surface area contributed by atoms with Crippen molar-refractivity contribution in [2.45, 2.75) is 129 Å². The summed E-state index contributed by atoms with van der Waals surface area (Å²) in [6.07, 6.45) is 26.2. The zero-order valence-electron chi connectivity index (χ0n) is 18.5. The van der Waals surface area contributed by atoms with Crippen LogP contribution in [0.1, 0.15) is 129 Å². The molecule has 1 heteroatoms. The number of rotatable bonds is 20. The lowest BCUT2D eigenvalue weighted by Gasteiger charge is -2.11. The molecular weight excluding hydrogens is 302 g/mol. The van der Waals surface area contributed by atoms with Crippen molar-refractivity contribution in [3.8, 4) is 0 Å². The predicted octanol–water partition coefficient (Wildman–Crippen LogP) is 8.23. The minimum absolute atomic E-state index is 0.998. The summed E-state index contributed by atoms with van der Waals surface area (Å²) < 4.78 is 0. The third kappa shape index (κ3) is 20.1. The molecule has 0 saturated carbocycles. The second-order valence-corrected chi connectivity index (χ2v) is 8.58. The Hall–Kier alpha value is -0.0400. The third-order valence-electron chi connectivity index (χ3n) is 5.87. The molecule has 0 spiro atoms. The molecule has 0 aliphatic heterocycles. The predicted molar refractivity (Wildman–Crippen MR) is 116 cm³/mol. The Labute approximate surface area is 161 Å². The van der Waals surface area contributed by atoms with Crippen molar-refractivity contribution >= 4 is 0 Å². The standard InChI is InChI=1S/C24H51N/c1-5-24(6-2)22-20-18-16-14-12-10-8-7-9-11-13-15-17-19-21-23-25(3)4/h24H,5-23H2,1-4H3. The van der Waals surface area contributed by atoms with Crippen molar-refractivity contribution in [3.63, 3.8) is 0 Å². The fourth-order valence-electron chi connectivity index (χ4n) is 3.86. The minimum Gasteiger partial charge on any atom is -0.309 e. The van der Waals surface area contributed by atoms with E-state index in [1.807, 2.05) is 0 Å². The summed E-state index contributed by atoms with van der Waals surface area (Å²) in [5, 5.41) is 0. The topological polar surface area (TPSA) is 3.24 Å². The van der Waals surface area contributed by atoms with Crippen molar-refractivity contribution < 1.29 is 0 Å². The molecule has 0 aliphatic carbocycles. The zero-order chi connectivity index (χ0) is 18.6. The SMILES string of the molecule is CCC(CC)CCCCCCCCCCCCCCCCCN(C)C. The molecule has 0 aromatic heterocycles. The molecule has 152 valence electrons. The van der Waals surface area contributed by atoms with Gasteiger partial charge in [-0.3, -0.25) is 0 Å². The van der Waals surface area contributed by atoms with Crippen molar-refractivity contribution in [1.29, 1.82) is 0 Å².